The molecule has 34 heavy (non-hydrogen) atoms. The van der Waals surface area contributed by atoms with Crippen molar-refractivity contribution in [3.8, 4) is 5.69 Å². The molecule has 0 fully saturated rings. The highest BCUT2D eigenvalue weighted by Gasteiger charge is 2.17. The Bertz CT molecular complexity index is 1400. The summed E-state index contributed by atoms with van der Waals surface area (Å²) in [5.41, 5.74) is 1.12. The third kappa shape index (κ3) is 4.83. The van der Waals surface area contributed by atoms with E-state index in [1.54, 1.807) is 42.5 Å². The minimum Gasteiger partial charge on any atom is -0.321 e. The van der Waals surface area contributed by atoms with Gasteiger partial charge in [0.05, 0.1) is 21.1 Å². The second-order valence-corrected chi connectivity index (χ2v) is 6.97. The van der Waals surface area contributed by atoms with Crippen LogP contribution in [0.1, 0.15) is 16.1 Å². The lowest BCUT2D eigenvalue weighted by molar-refractivity contribution is -0.385. The topological polar surface area (TPSA) is 146 Å². The molecule has 0 aliphatic carbocycles. The van der Waals surface area contributed by atoms with Gasteiger partial charge in [0.2, 0.25) is 0 Å². The largest absolute Gasteiger partial charge is 0.321 e. The van der Waals surface area contributed by atoms with Gasteiger partial charge in [-0.2, -0.15) is 5.10 Å². The minimum absolute atomic E-state index is 0.0388. The summed E-state index contributed by atoms with van der Waals surface area (Å²) in [4.78, 5) is 38.2. The van der Waals surface area contributed by atoms with Gasteiger partial charge in [0.25, 0.3) is 17.3 Å². The fourth-order valence-electron chi connectivity index (χ4n) is 3.09. The molecule has 0 unspecified atom stereocenters. The van der Waals surface area contributed by atoms with Gasteiger partial charge in [-0.3, -0.25) is 25.0 Å². The molecular weight excluding hydrogens is 440 g/mol. The minimum atomic E-state index is -0.550. The number of para-hydroxylation sites is 2. The number of nitro groups is 2. The number of hydrogen-bond donors (Lipinski definition) is 1. The van der Waals surface area contributed by atoms with Crippen LogP contribution in [0.15, 0.2) is 89.9 Å². The van der Waals surface area contributed by atoms with Crippen LogP contribution < -0.4 is 5.32 Å². The van der Waals surface area contributed by atoms with E-state index < -0.39 is 15.8 Å². The maximum absolute atomic E-state index is 12.8. The number of carbonyl (C=O) groups excluding carboxylic acids is 1. The zero-order valence-corrected chi connectivity index (χ0v) is 17.4. The van der Waals surface area contributed by atoms with E-state index in [-0.39, 0.29) is 22.9 Å². The van der Waals surface area contributed by atoms with Crippen molar-refractivity contribution < 1.29 is 14.6 Å². The molecule has 0 bridgehead atoms. The van der Waals surface area contributed by atoms with E-state index in [9.17, 15) is 25.0 Å². The Morgan fingerprint density at radius 1 is 0.912 bits per heavy atom. The zero-order valence-electron chi connectivity index (χ0n) is 17.4. The lowest BCUT2D eigenvalue weighted by Gasteiger charge is -2.04. The SMILES string of the molecule is O=C(Nc1ccc([N+](=O)[O-])cc1)c1cc(N=Cc2ccccc2[N+](=O)[O-])n(-c2ccccc2)n1. The molecule has 1 N–H and O–H groups in total. The van der Waals surface area contributed by atoms with E-state index in [1.807, 2.05) is 6.07 Å². The molecule has 11 nitrogen and oxygen atoms in total. The summed E-state index contributed by atoms with van der Waals surface area (Å²) >= 11 is 0. The molecule has 0 aliphatic rings. The van der Waals surface area contributed by atoms with Crippen molar-refractivity contribution in [3.05, 3.63) is 116 Å². The summed E-state index contributed by atoms with van der Waals surface area (Å²) in [6.07, 6.45) is 1.34. The smallest absolute Gasteiger partial charge is 0.278 e. The highest BCUT2D eigenvalue weighted by atomic mass is 16.6. The Kier molecular flexibility index (Phi) is 6.17. The number of amides is 1. The molecule has 168 valence electrons. The lowest BCUT2D eigenvalue weighted by atomic mass is 10.2. The van der Waals surface area contributed by atoms with Gasteiger partial charge >= 0.3 is 0 Å². The number of nitrogens with zero attached hydrogens (tertiary/aromatic N) is 5. The summed E-state index contributed by atoms with van der Waals surface area (Å²) in [5, 5.41) is 29.1. The van der Waals surface area contributed by atoms with Crippen molar-refractivity contribution in [3.63, 3.8) is 0 Å². The molecule has 1 amide bonds. The summed E-state index contributed by atoms with van der Waals surface area (Å²) < 4.78 is 1.44. The van der Waals surface area contributed by atoms with Crippen molar-refractivity contribution >= 4 is 35.0 Å². The second-order valence-electron chi connectivity index (χ2n) is 6.97. The average molecular weight is 456 g/mol. The van der Waals surface area contributed by atoms with Crippen molar-refractivity contribution in [2.75, 3.05) is 5.32 Å². The van der Waals surface area contributed by atoms with Crippen LogP contribution in [0.4, 0.5) is 22.9 Å². The maximum atomic E-state index is 12.8. The van der Waals surface area contributed by atoms with E-state index >= 15 is 0 Å². The monoisotopic (exact) mass is 456 g/mol. The first-order valence-electron chi connectivity index (χ1n) is 9.91. The Hall–Kier alpha value is -5.19. The first kappa shape index (κ1) is 22.0. The first-order chi connectivity index (χ1) is 16.4. The molecule has 0 saturated heterocycles. The number of carbonyl (C=O) groups is 1. The number of nitrogens with one attached hydrogen (secondary N) is 1. The number of hydrogen-bond acceptors (Lipinski definition) is 7. The third-order valence-corrected chi connectivity index (χ3v) is 4.73. The third-order valence-electron chi connectivity index (χ3n) is 4.73. The number of nitro benzene ring substituents is 2. The molecular formula is C23H16N6O5. The quantitative estimate of drug-likeness (QED) is 0.242. The fourth-order valence-corrected chi connectivity index (χ4v) is 3.09. The van der Waals surface area contributed by atoms with Gasteiger partial charge in [-0.05, 0) is 30.3 Å². The van der Waals surface area contributed by atoms with Crippen LogP contribution in [0, 0.1) is 20.2 Å². The Balaban J connectivity index is 1.67. The van der Waals surface area contributed by atoms with Crippen LogP contribution in [-0.4, -0.2) is 31.7 Å². The summed E-state index contributed by atoms with van der Waals surface area (Å²) in [6.45, 7) is 0. The first-order valence-corrected chi connectivity index (χ1v) is 9.91. The number of benzene rings is 3. The number of anilines is 1. The van der Waals surface area contributed by atoms with Crippen LogP contribution in [0.5, 0.6) is 0 Å². The van der Waals surface area contributed by atoms with Crippen LogP contribution in [0.25, 0.3) is 5.69 Å². The molecule has 1 aromatic heterocycles. The number of non-ortho nitro benzene ring substituents is 1. The van der Waals surface area contributed by atoms with Crippen molar-refractivity contribution in [2.45, 2.75) is 0 Å². The Morgan fingerprint density at radius 3 is 2.26 bits per heavy atom. The molecule has 3 aromatic carbocycles. The van der Waals surface area contributed by atoms with Gasteiger partial charge in [-0.15, -0.1) is 0 Å². The molecule has 0 aliphatic heterocycles. The van der Waals surface area contributed by atoms with Crippen molar-refractivity contribution in [1.29, 1.82) is 0 Å². The maximum Gasteiger partial charge on any atom is 0.278 e. The Labute approximate surface area is 192 Å². The lowest BCUT2D eigenvalue weighted by Crippen LogP contribution is -2.13. The summed E-state index contributed by atoms with van der Waals surface area (Å²) in [7, 11) is 0. The van der Waals surface area contributed by atoms with Crippen LogP contribution >= 0.6 is 0 Å². The van der Waals surface area contributed by atoms with Crippen molar-refractivity contribution in [1.82, 2.24) is 9.78 Å². The van der Waals surface area contributed by atoms with E-state index in [4.69, 9.17) is 0 Å². The molecule has 0 spiro atoms. The predicted octanol–water partition coefficient (Wildman–Crippen LogP) is 4.69. The second kappa shape index (κ2) is 9.53. The van der Waals surface area contributed by atoms with Gasteiger partial charge in [-0.25, -0.2) is 9.67 Å². The standard InChI is InChI=1S/C23H16N6O5/c30-23(25-17-10-12-19(13-11-17)28(31)32)20-14-22(27(26-20)18-7-2-1-3-8-18)24-15-16-6-4-5-9-21(16)29(33)34/h1-15H,(H,25,30). The molecule has 4 rings (SSSR count). The van der Waals surface area contributed by atoms with Crippen molar-refractivity contribution in [2.24, 2.45) is 4.99 Å². The van der Waals surface area contributed by atoms with Crippen LogP contribution in [-0.2, 0) is 0 Å². The van der Waals surface area contributed by atoms with E-state index in [1.165, 1.54) is 47.3 Å². The fraction of sp³-hybridized carbons (Fsp3) is 0. The zero-order chi connectivity index (χ0) is 24.1. The van der Waals surface area contributed by atoms with E-state index in [2.05, 4.69) is 15.4 Å². The highest BCUT2D eigenvalue weighted by Crippen LogP contribution is 2.23. The van der Waals surface area contributed by atoms with Crippen LogP contribution in [0.2, 0.25) is 0 Å². The number of aliphatic imine (C=N–C) groups is 1. The van der Waals surface area contributed by atoms with E-state index in [0.29, 0.717) is 16.9 Å². The number of rotatable bonds is 7. The summed E-state index contributed by atoms with van der Waals surface area (Å²) in [6, 6.07) is 21.9. The van der Waals surface area contributed by atoms with Gasteiger partial charge in [0, 0.05) is 36.2 Å². The van der Waals surface area contributed by atoms with Crippen LogP contribution in [0.3, 0.4) is 0 Å². The highest BCUT2D eigenvalue weighted by molar-refractivity contribution is 6.03. The molecule has 0 radical (unpaired) electrons. The van der Waals surface area contributed by atoms with Gasteiger partial charge in [0.15, 0.2) is 11.5 Å². The molecule has 11 heteroatoms. The average Bonchev–Trinajstić information content (AvgIpc) is 3.28. The molecule has 0 saturated carbocycles. The molecule has 1 heterocycles. The summed E-state index contributed by atoms with van der Waals surface area (Å²) in [5.74, 6) is -0.274. The molecule has 4 aromatic rings. The normalized spacial score (nSPS) is 10.8. The van der Waals surface area contributed by atoms with E-state index in [0.717, 1.165) is 0 Å². The predicted molar refractivity (Wildman–Crippen MR) is 125 cm³/mol. The van der Waals surface area contributed by atoms with Gasteiger partial charge < -0.3 is 5.32 Å². The van der Waals surface area contributed by atoms with Gasteiger partial charge in [-0.1, -0.05) is 30.3 Å². The van der Waals surface area contributed by atoms with Gasteiger partial charge in [0.1, 0.15) is 0 Å². The Morgan fingerprint density at radius 2 is 1.59 bits per heavy atom. The molecule has 0 atom stereocenters. The number of aromatic nitrogens is 2.